The summed E-state index contributed by atoms with van der Waals surface area (Å²) in [5.41, 5.74) is 2.65. The molecule has 2 fully saturated rings. The van der Waals surface area contributed by atoms with Crippen molar-refractivity contribution in [2.45, 2.75) is 38.6 Å². The molecule has 3 aliphatic heterocycles. The van der Waals surface area contributed by atoms with Crippen LogP contribution in [0.1, 0.15) is 43.0 Å². The first-order valence-electron chi connectivity index (χ1n) is 10.0. The van der Waals surface area contributed by atoms with E-state index in [2.05, 4.69) is 17.3 Å². The average molecular weight is 370 g/mol. The zero-order valence-electron chi connectivity index (χ0n) is 16.6. The molecule has 1 atom stereocenters. The molecule has 3 heterocycles. The number of fused-ring (bicyclic) bond motifs is 1. The van der Waals surface area contributed by atoms with Gasteiger partial charge in [-0.3, -0.25) is 9.59 Å². The number of rotatable bonds is 1. The molecule has 1 N–H and O–H groups in total. The highest BCUT2D eigenvalue weighted by atomic mass is 16.2. The van der Waals surface area contributed by atoms with Gasteiger partial charge in [0.2, 0.25) is 5.91 Å². The summed E-state index contributed by atoms with van der Waals surface area (Å²) in [6.45, 7) is 5.82. The molecule has 6 nitrogen and oxygen atoms in total. The molecule has 0 aromatic heterocycles. The summed E-state index contributed by atoms with van der Waals surface area (Å²) in [4.78, 5) is 31.7. The molecule has 0 aliphatic carbocycles. The zero-order valence-corrected chi connectivity index (χ0v) is 16.6. The van der Waals surface area contributed by atoms with Crippen molar-refractivity contribution < 1.29 is 9.59 Å². The second-order valence-corrected chi connectivity index (χ2v) is 8.64. The maximum Gasteiger partial charge on any atom is 0.253 e. The Morgan fingerprint density at radius 1 is 1.15 bits per heavy atom. The molecule has 1 aromatic rings. The van der Waals surface area contributed by atoms with Crippen LogP contribution in [0.5, 0.6) is 0 Å². The van der Waals surface area contributed by atoms with Gasteiger partial charge in [-0.05, 0) is 76.4 Å². The zero-order chi connectivity index (χ0) is 19.2. The molecule has 2 amide bonds. The maximum absolute atomic E-state index is 13.2. The van der Waals surface area contributed by atoms with Gasteiger partial charge in [-0.2, -0.15) is 0 Å². The lowest BCUT2D eigenvalue weighted by Gasteiger charge is -2.47. The predicted octanol–water partition coefficient (Wildman–Crippen LogP) is 2.41. The van der Waals surface area contributed by atoms with E-state index in [1.807, 2.05) is 42.0 Å². The highest BCUT2D eigenvalue weighted by molar-refractivity contribution is 6.05. The highest BCUT2D eigenvalue weighted by Gasteiger charge is 2.39. The molecule has 0 bridgehead atoms. The number of carbonyl (C=O) groups excluding carboxylic acids is 2. The van der Waals surface area contributed by atoms with Crippen LogP contribution < -0.4 is 10.2 Å². The summed E-state index contributed by atoms with van der Waals surface area (Å²) in [5, 5.41) is 2.94. The normalized spacial score (nSPS) is 25.3. The number of amides is 2. The summed E-state index contributed by atoms with van der Waals surface area (Å²) in [6.07, 6.45) is 4.66. The Morgan fingerprint density at radius 3 is 2.63 bits per heavy atom. The molecule has 1 aromatic carbocycles. The number of piperidine rings is 2. The van der Waals surface area contributed by atoms with Gasteiger partial charge in [0.15, 0.2) is 0 Å². The lowest BCUT2D eigenvalue weighted by Crippen LogP contribution is -2.50. The summed E-state index contributed by atoms with van der Waals surface area (Å²) in [5.74, 6) is 0.0594. The van der Waals surface area contributed by atoms with Gasteiger partial charge in [-0.25, -0.2) is 0 Å². The first-order valence-corrected chi connectivity index (χ1v) is 10.0. The van der Waals surface area contributed by atoms with Crippen LogP contribution in [-0.4, -0.2) is 67.9 Å². The molecule has 146 valence electrons. The Hall–Kier alpha value is -2.08. The number of anilines is 2. The summed E-state index contributed by atoms with van der Waals surface area (Å²) in [6, 6.07) is 5.49. The van der Waals surface area contributed by atoms with Crippen molar-refractivity contribution in [1.29, 1.82) is 0 Å². The van der Waals surface area contributed by atoms with Crippen molar-refractivity contribution in [3.05, 3.63) is 23.8 Å². The minimum atomic E-state index is -0.203. The van der Waals surface area contributed by atoms with Crippen LogP contribution in [0.3, 0.4) is 0 Å². The van der Waals surface area contributed by atoms with Crippen LogP contribution in [0.25, 0.3) is 0 Å². The van der Waals surface area contributed by atoms with Crippen molar-refractivity contribution in [3.8, 4) is 0 Å². The SMILES string of the molecule is CC1C(=O)Nc2cc(C(=O)N3CCCC4(CCN(C)CC4)C3)ccc2N1C. The molecule has 1 unspecified atom stereocenters. The van der Waals surface area contributed by atoms with Gasteiger partial charge in [-0.15, -0.1) is 0 Å². The fourth-order valence-electron chi connectivity index (χ4n) is 4.76. The topological polar surface area (TPSA) is 55.9 Å². The van der Waals surface area contributed by atoms with E-state index in [4.69, 9.17) is 0 Å². The fraction of sp³-hybridized carbons (Fsp3) is 0.619. The third-order valence-corrected chi connectivity index (χ3v) is 6.84. The van der Waals surface area contributed by atoms with Gasteiger partial charge in [0.05, 0.1) is 11.4 Å². The lowest BCUT2D eigenvalue weighted by molar-refractivity contribution is -0.117. The number of carbonyl (C=O) groups is 2. The minimum absolute atomic E-state index is 0.0298. The molecule has 2 saturated heterocycles. The average Bonchev–Trinajstić information content (AvgIpc) is 2.68. The number of hydrogen-bond donors (Lipinski definition) is 1. The van der Waals surface area contributed by atoms with Crippen LogP contribution in [-0.2, 0) is 4.79 Å². The van der Waals surface area contributed by atoms with Crippen LogP contribution in [0, 0.1) is 5.41 Å². The van der Waals surface area contributed by atoms with Gasteiger partial charge >= 0.3 is 0 Å². The molecule has 27 heavy (non-hydrogen) atoms. The van der Waals surface area contributed by atoms with E-state index < -0.39 is 0 Å². The van der Waals surface area contributed by atoms with Gasteiger partial charge < -0.3 is 20.0 Å². The fourth-order valence-corrected chi connectivity index (χ4v) is 4.76. The summed E-state index contributed by atoms with van der Waals surface area (Å²) < 4.78 is 0. The number of likely N-dealkylation sites (tertiary alicyclic amines) is 2. The number of benzene rings is 1. The quantitative estimate of drug-likeness (QED) is 0.825. The first kappa shape index (κ1) is 18.3. The molecule has 0 radical (unpaired) electrons. The Balaban J connectivity index is 1.53. The second-order valence-electron chi connectivity index (χ2n) is 8.64. The van der Waals surface area contributed by atoms with Crippen LogP contribution in [0.2, 0.25) is 0 Å². The second kappa shape index (κ2) is 6.82. The van der Waals surface area contributed by atoms with E-state index in [0.717, 1.165) is 44.0 Å². The van der Waals surface area contributed by atoms with E-state index in [-0.39, 0.29) is 17.9 Å². The monoisotopic (exact) mass is 370 g/mol. The minimum Gasteiger partial charge on any atom is -0.361 e. The Bertz CT molecular complexity index is 755. The van der Waals surface area contributed by atoms with Gasteiger partial charge in [0.25, 0.3) is 5.91 Å². The standard InChI is InChI=1S/C21H30N4O2/c1-15-19(26)22-17-13-16(5-6-18(17)24(15)3)20(27)25-10-4-7-21(14-25)8-11-23(2)12-9-21/h5-6,13,15H,4,7-12,14H2,1-3H3,(H,22,26). The van der Waals surface area contributed by atoms with E-state index >= 15 is 0 Å². The van der Waals surface area contributed by atoms with Crippen molar-refractivity contribution in [3.63, 3.8) is 0 Å². The maximum atomic E-state index is 13.2. The van der Waals surface area contributed by atoms with Crippen LogP contribution in [0.15, 0.2) is 18.2 Å². The first-order chi connectivity index (χ1) is 12.9. The largest absolute Gasteiger partial charge is 0.361 e. The molecule has 6 heteroatoms. The van der Waals surface area contributed by atoms with Gasteiger partial charge in [0.1, 0.15) is 6.04 Å². The molecule has 4 rings (SSSR count). The molecular formula is C21H30N4O2. The van der Waals surface area contributed by atoms with Crippen LogP contribution in [0.4, 0.5) is 11.4 Å². The van der Waals surface area contributed by atoms with Crippen LogP contribution >= 0.6 is 0 Å². The van der Waals surface area contributed by atoms with E-state index in [9.17, 15) is 9.59 Å². The Kier molecular flexibility index (Phi) is 4.62. The highest BCUT2D eigenvalue weighted by Crippen LogP contribution is 2.40. The third-order valence-electron chi connectivity index (χ3n) is 6.84. The Labute approximate surface area is 161 Å². The smallest absolute Gasteiger partial charge is 0.253 e. The van der Waals surface area contributed by atoms with Crippen molar-refractivity contribution in [2.75, 3.05) is 50.5 Å². The van der Waals surface area contributed by atoms with E-state index in [1.54, 1.807) is 0 Å². The van der Waals surface area contributed by atoms with E-state index in [0.29, 0.717) is 11.0 Å². The lowest BCUT2D eigenvalue weighted by atomic mass is 9.72. The summed E-state index contributed by atoms with van der Waals surface area (Å²) >= 11 is 0. The van der Waals surface area contributed by atoms with Gasteiger partial charge in [-0.1, -0.05) is 0 Å². The van der Waals surface area contributed by atoms with E-state index in [1.165, 1.54) is 19.3 Å². The summed E-state index contributed by atoms with van der Waals surface area (Å²) in [7, 11) is 4.09. The Morgan fingerprint density at radius 2 is 1.89 bits per heavy atom. The molecule has 0 saturated carbocycles. The van der Waals surface area contributed by atoms with Crippen molar-refractivity contribution >= 4 is 23.2 Å². The molecule has 3 aliphatic rings. The van der Waals surface area contributed by atoms with Crippen molar-refractivity contribution in [2.24, 2.45) is 5.41 Å². The number of nitrogens with one attached hydrogen (secondary N) is 1. The molecular weight excluding hydrogens is 340 g/mol. The number of nitrogens with zero attached hydrogens (tertiary/aromatic N) is 3. The number of hydrogen-bond acceptors (Lipinski definition) is 4. The number of likely N-dealkylation sites (N-methyl/N-ethyl adjacent to an activating group) is 1. The third kappa shape index (κ3) is 3.31. The van der Waals surface area contributed by atoms with Crippen molar-refractivity contribution in [1.82, 2.24) is 9.80 Å². The van der Waals surface area contributed by atoms with Gasteiger partial charge in [0, 0.05) is 25.7 Å². The predicted molar refractivity (Wildman–Crippen MR) is 107 cm³/mol. The molecule has 1 spiro atoms.